The molecule has 0 aliphatic heterocycles. The lowest BCUT2D eigenvalue weighted by Gasteiger charge is -1.94. The molecule has 0 aliphatic carbocycles. The minimum atomic E-state index is 0.139. The lowest BCUT2D eigenvalue weighted by atomic mass is 10.2. The van der Waals surface area contributed by atoms with Crippen molar-refractivity contribution in [1.82, 2.24) is 0 Å². The highest BCUT2D eigenvalue weighted by Crippen LogP contribution is 2.05. The molecule has 0 heterocycles. The van der Waals surface area contributed by atoms with E-state index in [4.69, 9.17) is 9.84 Å². The Bertz CT molecular complexity index is 209. The molecule has 0 atom stereocenters. The van der Waals surface area contributed by atoms with Gasteiger partial charge in [-0.1, -0.05) is 24.6 Å². The number of aliphatic hydroxyl groups excluding tert-OH is 1. The van der Waals surface area contributed by atoms with E-state index in [9.17, 15) is 0 Å². The van der Waals surface area contributed by atoms with E-state index in [1.54, 1.807) is 0 Å². The molecule has 0 bridgehead atoms. The number of aryl methyl sites for hydroxylation is 1. The molecule has 86 valence electrons. The average molecular weight is 228 g/mol. The van der Waals surface area contributed by atoms with Crippen LogP contribution in [-0.2, 0) is 4.74 Å². The fourth-order valence-corrected chi connectivity index (χ4v) is 1.00. The van der Waals surface area contributed by atoms with E-state index in [0.29, 0.717) is 6.61 Å². The second-order valence-electron chi connectivity index (χ2n) is 3.17. The second-order valence-corrected chi connectivity index (χ2v) is 3.69. The van der Waals surface area contributed by atoms with E-state index in [1.807, 2.05) is 31.2 Å². The van der Waals surface area contributed by atoms with Gasteiger partial charge in [0.15, 0.2) is 0 Å². The maximum Gasteiger partial charge on any atom is 0.0697 e. The second kappa shape index (κ2) is 10.0. The maximum absolute atomic E-state index is 8.17. The van der Waals surface area contributed by atoms with Crippen LogP contribution < -0.4 is 0 Å². The number of ether oxygens (including phenoxy) is 1. The van der Waals surface area contributed by atoms with Crippen LogP contribution in [0.4, 0.5) is 0 Å². The SMILES string of the molecule is CCCOCCO.Cc1ccc(S)cc1. The monoisotopic (exact) mass is 228 g/mol. The Morgan fingerprint density at radius 3 is 2.20 bits per heavy atom. The zero-order chi connectivity index (χ0) is 11.5. The van der Waals surface area contributed by atoms with Gasteiger partial charge in [-0.05, 0) is 25.5 Å². The van der Waals surface area contributed by atoms with Gasteiger partial charge in [0.05, 0.1) is 13.2 Å². The van der Waals surface area contributed by atoms with Crippen molar-refractivity contribution in [1.29, 1.82) is 0 Å². The van der Waals surface area contributed by atoms with E-state index < -0.39 is 0 Å². The summed E-state index contributed by atoms with van der Waals surface area (Å²) in [5, 5.41) is 8.17. The Morgan fingerprint density at radius 1 is 1.20 bits per heavy atom. The summed E-state index contributed by atoms with van der Waals surface area (Å²) in [5.41, 5.74) is 1.28. The average Bonchev–Trinajstić information content (AvgIpc) is 2.24. The number of rotatable bonds is 4. The van der Waals surface area contributed by atoms with Crippen molar-refractivity contribution in [2.45, 2.75) is 25.2 Å². The van der Waals surface area contributed by atoms with Crippen molar-refractivity contribution in [3.8, 4) is 0 Å². The summed E-state index contributed by atoms with van der Waals surface area (Å²) >= 11 is 4.13. The van der Waals surface area contributed by atoms with Crippen molar-refractivity contribution < 1.29 is 9.84 Å². The fraction of sp³-hybridized carbons (Fsp3) is 0.500. The van der Waals surface area contributed by atoms with Crippen LogP contribution in [0.15, 0.2) is 29.2 Å². The van der Waals surface area contributed by atoms with Gasteiger partial charge in [-0.2, -0.15) is 0 Å². The minimum absolute atomic E-state index is 0.139. The normalized spacial score (nSPS) is 9.33. The molecule has 1 N–H and O–H groups in total. The molecule has 3 heteroatoms. The number of hydrogen-bond donors (Lipinski definition) is 2. The van der Waals surface area contributed by atoms with Gasteiger partial charge in [0.2, 0.25) is 0 Å². The molecule has 0 radical (unpaired) electrons. The highest BCUT2D eigenvalue weighted by Gasteiger charge is 1.80. The predicted octanol–water partition coefficient (Wildman–Crippen LogP) is 2.69. The largest absolute Gasteiger partial charge is 0.394 e. The summed E-state index contributed by atoms with van der Waals surface area (Å²) in [4.78, 5) is 1.02. The molecule has 1 aromatic rings. The summed E-state index contributed by atoms with van der Waals surface area (Å²) in [6.07, 6.45) is 1.03. The third kappa shape index (κ3) is 9.79. The van der Waals surface area contributed by atoms with Crippen LogP contribution in [0.5, 0.6) is 0 Å². The Kier molecular flexibility index (Phi) is 9.68. The molecule has 0 unspecified atom stereocenters. The smallest absolute Gasteiger partial charge is 0.0697 e. The molecule has 0 aromatic heterocycles. The van der Waals surface area contributed by atoms with Crippen molar-refractivity contribution in [2.24, 2.45) is 0 Å². The maximum atomic E-state index is 8.17. The first kappa shape index (κ1) is 14.5. The third-order valence-electron chi connectivity index (χ3n) is 1.62. The Morgan fingerprint density at radius 2 is 1.80 bits per heavy atom. The number of aliphatic hydroxyl groups is 1. The van der Waals surface area contributed by atoms with Crippen LogP contribution in [0.25, 0.3) is 0 Å². The van der Waals surface area contributed by atoms with Crippen LogP contribution in [0.1, 0.15) is 18.9 Å². The topological polar surface area (TPSA) is 29.5 Å². The van der Waals surface area contributed by atoms with Crippen molar-refractivity contribution in [2.75, 3.05) is 19.8 Å². The highest BCUT2D eigenvalue weighted by molar-refractivity contribution is 7.80. The molecule has 0 saturated heterocycles. The van der Waals surface area contributed by atoms with Gasteiger partial charge in [-0.15, -0.1) is 12.6 Å². The molecule has 15 heavy (non-hydrogen) atoms. The van der Waals surface area contributed by atoms with Crippen LogP contribution >= 0.6 is 12.6 Å². The van der Waals surface area contributed by atoms with Gasteiger partial charge in [-0.25, -0.2) is 0 Å². The van der Waals surface area contributed by atoms with Gasteiger partial charge >= 0.3 is 0 Å². The lowest BCUT2D eigenvalue weighted by Crippen LogP contribution is -1.98. The first-order chi connectivity index (χ1) is 7.20. The standard InChI is InChI=1S/C7H8S.C5H12O2/c1-6-2-4-7(8)5-3-6;1-2-4-7-5-3-6/h2-5,8H,1H3;6H,2-5H2,1H3. The van der Waals surface area contributed by atoms with E-state index >= 15 is 0 Å². The van der Waals surface area contributed by atoms with Gasteiger partial charge in [0.1, 0.15) is 0 Å². The molecule has 2 nitrogen and oxygen atoms in total. The van der Waals surface area contributed by atoms with Crippen LogP contribution in [-0.4, -0.2) is 24.9 Å². The van der Waals surface area contributed by atoms with E-state index in [0.717, 1.165) is 17.9 Å². The lowest BCUT2D eigenvalue weighted by molar-refractivity contribution is 0.0928. The predicted molar refractivity (Wildman–Crippen MR) is 66.6 cm³/mol. The van der Waals surface area contributed by atoms with Crippen LogP contribution in [0.3, 0.4) is 0 Å². The van der Waals surface area contributed by atoms with Gasteiger partial charge < -0.3 is 9.84 Å². The molecule has 1 aromatic carbocycles. The Labute approximate surface area is 97.7 Å². The first-order valence-electron chi connectivity index (χ1n) is 5.15. The Balaban J connectivity index is 0.000000265. The molecule has 1 rings (SSSR count). The number of hydrogen-bond acceptors (Lipinski definition) is 3. The zero-order valence-corrected chi connectivity index (χ0v) is 10.3. The van der Waals surface area contributed by atoms with Gasteiger partial charge in [0.25, 0.3) is 0 Å². The highest BCUT2D eigenvalue weighted by atomic mass is 32.1. The van der Waals surface area contributed by atoms with Crippen LogP contribution in [0.2, 0.25) is 0 Å². The molecular formula is C12H20O2S. The van der Waals surface area contributed by atoms with E-state index in [1.165, 1.54) is 5.56 Å². The van der Waals surface area contributed by atoms with Crippen molar-refractivity contribution >= 4 is 12.6 Å². The third-order valence-corrected chi connectivity index (χ3v) is 1.92. The van der Waals surface area contributed by atoms with Gasteiger partial charge in [-0.3, -0.25) is 0 Å². The summed E-state index contributed by atoms with van der Waals surface area (Å²) in [7, 11) is 0. The molecule has 0 aliphatic rings. The molecule has 0 amide bonds. The zero-order valence-electron chi connectivity index (χ0n) is 9.44. The van der Waals surface area contributed by atoms with E-state index in [-0.39, 0.29) is 6.61 Å². The summed E-state index contributed by atoms with van der Waals surface area (Å²) in [6, 6.07) is 8.06. The van der Waals surface area contributed by atoms with Crippen LogP contribution in [0, 0.1) is 6.92 Å². The number of thiol groups is 1. The summed E-state index contributed by atoms with van der Waals surface area (Å²) < 4.78 is 4.88. The summed E-state index contributed by atoms with van der Waals surface area (Å²) in [6.45, 7) is 5.49. The minimum Gasteiger partial charge on any atom is -0.394 e. The quantitative estimate of drug-likeness (QED) is 0.613. The van der Waals surface area contributed by atoms with E-state index in [2.05, 4.69) is 19.6 Å². The first-order valence-corrected chi connectivity index (χ1v) is 5.59. The fourth-order valence-electron chi connectivity index (χ4n) is 0.856. The molecular weight excluding hydrogens is 208 g/mol. The summed E-state index contributed by atoms with van der Waals surface area (Å²) in [5.74, 6) is 0. The Hall–Kier alpha value is -0.510. The molecule has 0 fully saturated rings. The number of benzene rings is 1. The van der Waals surface area contributed by atoms with Gasteiger partial charge in [0, 0.05) is 11.5 Å². The molecule has 0 spiro atoms. The van der Waals surface area contributed by atoms with Crippen molar-refractivity contribution in [3.63, 3.8) is 0 Å². The van der Waals surface area contributed by atoms with Crippen molar-refractivity contribution in [3.05, 3.63) is 29.8 Å². The molecule has 0 saturated carbocycles.